The van der Waals surface area contributed by atoms with Crippen molar-refractivity contribution in [3.8, 4) is 5.75 Å². The average molecular weight is 332 g/mol. The van der Waals surface area contributed by atoms with E-state index in [1.807, 2.05) is 18.2 Å². The van der Waals surface area contributed by atoms with Gasteiger partial charge in [-0.25, -0.2) is 0 Å². The Labute approximate surface area is 123 Å². The normalized spacial score (nSPS) is 24.6. The van der Waals surface area contributed by atoms with Crippen LogP contribution < -0.4 is 4.74 Å². The smallest absolute Gasteiger partial charge is 0.122 e. The molecule has 0 bridgehead atoms. The van der Waals surface area contributed by atoms with E-state index in [0.717, 1.165) is 17.2 Å². The first-order valence-electron chi connectivity index (χ1n) is 6.67. The van der Waals surface area contributed by atoms with Gasteiger partial charge in [0.1, 0.15) is 5.75 Å². The highest BCUT2D eigenvalue weighted by molar-refractivity contribution is 9.09. The van der Waals surface area contributed by atoms with Crippen LogP contribution in [0.25, 0.3) is 0 Å². The molecule has 0 aliphatic heterocycles. The van der Waals surface area contributed by atoms with E-state index in [1.165, 1.54) is 37.7 Å². The van der Waals surface area contributed by atoms with Crippen LogP contribution in [-0.2, 0) is 6.42 Å². The Morgan fingerprint density at radius 1 is 1.28 bits per heavy atom. The molecule has 0 N–H and O–H groups in total. The maximum absolute atomic E-state index is 6.09. The van der Waals surface area contributed by atoms with Gasteiger partial charge in [0.25, 0.3) is 0 Å². The maximum Gasteiger partial charge on any atom is 0.122 e. The second-order valence-corrected chi connectivity index (χ2v) is 6.69. The molecule has 1 fully saturated rings. The molecule has 1 aromatic carbocycles. The zero-order valence-electron chi connectivity index (χ0n) is 10.8. The summed E-state index contributed by atoms with van der Waals surface area (Å²) in [5.41, 5.74) is 1.24. The lowest BCUT2D eigenvalue weighted by atomic mass is 9.92. The van der Waals surface area contributed by atoms with Gasteiger partial charge in [-0.15, -0.1) is 0 Å². The first-order chi connectivity index (χ1) is 8.70. The van der Waals surface area contributed by atoms with Gasteiger partial charge in [0.2, 0.25) is 0 Å². The van der Waals surface area contributed by atoms with Gasteiger partial charge < -0.3 is 4.74 Å². The molecule has 100 valence electrons. The van der Waals surface area contributed by atoms with Gasteiger partial charge in [-0.1, -0.05) is 46.8 Å². The van der Waals surface area contributed by atoms with Crippen molar-refractivity contribution in [3.63, 3.8) is 0 Å². The van der Waals surface area contributed by atoms with E-state index in [9.17, 15) is 0 Å². The topological polar surface area (TPSA) is 9.23 Å². The first kappa shape index (κ1) is 14.2. The Hall–Kier alpha value is -0.210. The predicted octanol–water partition coefficient (Wildman–Crippen LogP) is 5.23. The molecule has 1 saturated carbocycles. The second kappa shape index (κ2) is 6.81. The minimum Gasteiger partial charge on any atom is -0.496 e. The lowest BCUT2D eigenvalue weighted by Gasteiger charge is -2.21. The SMILES string of the molecule is COc1ccc(Cl)cc1CC1CCCCCC1Br. The number of halogens is 2. The van der Waals surface area contributed by atoms with Crippen LogP contribution in [0, 0.1) is 5.92 Å². The second-order valence-electron chi connectivity index (χ2n) is 5.07. The summed E-state index contributed by atoms with van der Waals surface area (Å²) in [4.78, 5) is 0.628. The molecule has 0 amide bonds. The Morgan fingerprint density at radius 3 is 2.83 bits per heavy atom. The van der Waals surface area contributed by atoms with Gasteiger partial charge in [0, 0.05) is 9.85 Å². The van der Waals surface area contributed by atoms with Crippen molar-refractivity contribution in [2.75, 3.05) is 7.11 Å². The zero-order valence-corrected chi connectivity index (χ0v) is 13.1. The van der Waals surface area contributed by atoms with E-state index in [1.54, 1.807) is 7.11 Å². The molecule has 0 saturated heterocycles. The summed E-state index contributed by atoms with van der Waals surface area (Å²) in [6.07, 6.45) is 7.69. The third-order valence-electron chi connectivity index (χ3n) is 3.79. The lowest BCUT2D eigenvalue weighted by molar-refractivity contribution is 0.399. The van der Waals surface area contributed by atoms with Gasteiger partial charge in [0.15, 0.2) is 0 Å². The number of hydrogen-bond donors (Lipinski definition) is 0. The van der Waals surface area contributed by atoms with Crippen molar-refractivity contribution < 1.29 is 4.74 Å². The molecular weight excluding hydrogens is 312 g/mol. The molecule has 0 radical (unpaired) electrons. The van der Waals surface area contributed by atoms with E-state index in [4.69, 9.17) is 16.3 Å². The van der Waals surface area contributed by atoms with Crippen molar-refractivity contribution in [1.82, 2.24) is 0 Å². The summed E-state index contributed by atoms with van der Waals surface area (Å²) in [6.45, 7) is 0. The Bertz CT molecular complexity index is 394. The largest absolute Gasteiger partial charge is 0.496 e. The van der Waals surface area contributed by atoms with E-state index < -0.39 is 0 Å². The van der Waals surface area contributed by atoms with Crippen LogP contribution >= 0.6 is 27.5 Å². The van der Waals surface area contributed by atoms with Crippen LogP contribution in [0.2, 0.25) is 5.02 Å². The maximum atomic E-state index is 6.09. The van der Waals surface area contributed by atoms with Crippen molar-refractivity contribution in [2.24, 2.45) is 5.92 Å². The van der Waals surface area contributed by atoms with E-state index in [2.05, 4.69) is 15.9 Å². The number of methoxy groups -OCH3 is 1. The van der Waals surface area contributed by atoms with Gasteiger partial charge in [-0.05, 0) is 48.9 Å². The van der Waals surface area contributed by atoms with E-state index in [-0.39, 0.29) is 0 Å². The molecule has 1 aromatic rings. The fourth-order valence-corrected chi connectivity index (χ4v) is 3.73. The molecular formula is C15H20BrClO. The number of alkyl halides is 1. The quantitative estimate of drug-likeness (QED) is 0.544. The minimum absolute atomic E-state index is 0.628. The fraction of sp³-hybridized carbons (Fsp3) is 0.600. The standard InChI is InChI=1S/C15H20BrClO/c1-18-15-8-7-13(17)10-12(15)9-11-5-3-2-4-6-14(11)16/h7-8,10-11,14H,2-6,9H2,1H3. The average Bonchev–Trinajstić information content (AvgIpc) is 2.55. The molecule has 1 aliphatic rings. The molecule has 1 nitrogen and oxygen atoms in total. The summed E-state index contributed by atoms with van der Waals surface area (Å²) in [6, 6.07) is 5.91. The molecule has 1 aliphatic carbocycles. The highest BCUT2D eigenvalue weighted by atomic mass is 79.9. The van der Waals surface area contributed by atoms with Gasteiger partial charge in [-0.3, -0.25) is 0 Å². The van der Waals surface area contributed by atoms with Gasteiger partial charge >= 0.3 is 0 Å². The van der Waals surface area contributed by atoms with Crippen molar-refractivity contribution in [3.05, 3.63) is 28.8 Å². The van der Waals surface area contributed by atoms with Crippen LogP contribution in [0.1, 0.15) is 37.7 Å². The Kier molecular flexibility index (Phi) is 5.38. The first-order valence-corrected chi connectivity index (χ1v) is 7.96. The molecule has 0 spiro atoms. The predicted molar refractivity (Wildman–Crippen MR) is 81.0 cm³/mol. The summed E-state index contributed by atoms with van der Waals surface area (Å²) in [5, 5.41) is 0.797. The van der Waals surface area contributed by atoms with Crippen LogP contribution in [0.3, 0.4) is 0 Å². The number of hydrogen-bond acceptors (Lipinski definition) is 1. The summed E-state index contributed by atoms with van der Waals surface area (Å²) >= 11 is 9.95. The highest BCUT2D eigenvalue weighted by Crippen LogP contribution is 2.34. The van der Waals surface area contributed by atoms with Gasteiger partial charge in [-0.2, -0.15) is 0 Å². The number of benzene rings is 1. The zero-order chi connectivity index (χ0) is 13.0. The van der Waals surface area contributed by atoms with Crippen molar-refractivity contribution >= 4 is 27.5 Å². The molecule has 3 heteroatoms. The van der Waals surface area contributed by atoms with Crippen LogP contribution in [0.5, 0.6) is 5.75 Å². The van der Waals surface area contributed by atoms with E-state index >= 15 is 0 Å². The molecule has 0 aromatic heterocycles. The van der Waals surface area contributed by atoms with Crippen LogP contribution in [-0.4, -0.2) is 11.9 Å². The van der Waals surface area contributed by atoms with Crippen LogP contribution in [0.4, 0.5) is 0 Å². The van der Waals surface area contributed by atoms with Crippen molar-refractivity contribution in [1.29, 1.82) is 0 Å². The number of rotatable bonds is 3. The third kappa shape index (κ3) is 3.64. The highest BCUT2D eigenvalue weighted by Gasteiger charge is 2.22. The van der Waals surface area contributed by atoms with Gasteiger partial charge in [0.05, 0.1) is 7.11 Å². The summed E-state index contributed by atoms with van der Waals surface area (Å²) in [7, 11) is 1.73. The Morgan fingerprint density at radius 2 is 2.06 bits per heavy atom. The monoisotopic (exact) mass is 330 g/mol. The molecule has 2 atom stereocenters. The third-order valence-corrected chi connectivity index (χ3v) is 5.23. The molecule has 2 unspecified atom stereocenters. The van der Waals surface area contributed by atoms with Crippen LogP contribution in [0.15, 0.2) is 18.2 Å². The van der Waals surface area contributed by atoms with Crippen molar-refractivity contribution in [2.45, 2.75) is 43.4 Å². The summed E-state index contributed by atoms with van der Waals surface area (Å²) in [5.74, 6) is 1.66. The molecule has 0 heterocycles. The minimum atomic E-state index is 0.628. The molecule has 18 heavy (non-hydrogen) atoms. The molecule has 2 rings (SSSR count). The fourth-order valence-electron chi connectivity index (χ4n) is 2.76. The van der Waals surface area contributed by atoms with E-state index in [0.29, 0.717) is 10.7 Å². The number of ether oxygens (including phenoxy) is 1. The lowest BCUT2D eigenvalue weighted by Crippen LogP contribution is -2.16. The summed E-state index contributed by atoms with van der Waals surface area (Å²) < 4.78 is 5.43. The Balaban J connectivity index is 2.13.